The van der Waals surface area contributed by atoms with Crippen LogP contribution in [0.2, 0.25) is 0 Å². The number of hydrogen-bond donors (Lipinski definition) is 2. The molecule has 0 spiro atoms. The van der Waals surface area contributed by atoms with Gasteiger partial charge in [-0.05, 0) is 0 Å². The number of carbonyl (C=O) groups excluding carboxylic acids is 1. The van der Waals surface area contributed by atoms with Crippen LogP contribution in [0.15, 0.2) is 12.7 Å². The van der Waals surface area contributed by atoms with E-state index in [2.05, 4.69) is 16.0 Å². The fraction of sp³-hybridized carbons (Fsp3) is 0.250. The maximum atomic E-state index is 9.57. The zero-order valence-electron chi connectivity index (χ0n) is 4.39. The fourth-order valence-corrected chi connectivity index (χ4v) is 0.499. The molecule has 1 amide bonds. The third-order valence-electron chi connectivity index (χ3n) is 0.407. The molecule has 0 aromatic rings. The Balaban J connectivity index is 2.71. The molecule has 0 unspecified atom stereocenters. The van der Waals surface area contributed by atoms with E-state index in [0.29, 0.717) is 13.0 Å². The van der Waals surface area contributed by atoms with Gasteiger partial charge in [0, 0.05) is 18.7 Å². The van der Waals surface area contributed by atoms with Crippen LogP contribution < -0.4 is 9.44 Å². The van der Waals surface area contributed by atoms with Gasteiger partial charge in [-0.3, -0.25) is 9.52 Å². The molecule has 0 aliphatic heterocycles. The lowest BCUT2D eigenvalue weighted by Gasteiger charge is -1.93. The Morgan fingerprint density at radius 1 is 1.75 bits per heavy atom. The van der Waals surface area contributed by atoms with E-state index in [-0.39, 0.29) is 0 Å². The number of rotatable bonds is 5. The summed E-state index contributed by atoms with van der Waals surface area (Å²) in [6, 6.07) is 0. The Hall–Kier alpha value is -0.480. The van der Waals surface area contributed by atoms with Gasteiger partial charge in [0.1, 0.15) is 0 Å². The van der Waals surface area contributed by atoms with Crippen LogP contribution in [0.25, 0.3) is 0 Å². The van der Waals surface area contributed by atoms with Crippen molar-refractivity contribution in [2.45, 2.75) is 0 Å². The molecule has 0 fully saturated rings. The average molecular weight is 132 g/mol. The monoisotopic (exact) mass is 132 g/mol. The first-order valence-corrected chi connectivity index (χ1v) is 2.92. The highest BCUT2D eigenvalue weighted by atomic mass is 32.2. The molecule has 0 aliphatic carbocycles. The molecule has 8 heavy (non-hydrogen) atoms. The lowest BCUT2D eigenvalue weighted by molar-refractivity contribution is -0.107. The normalized spacial score (nSPS) is 8.00. The first-order valence-electron chi connectivity index (χ1n) is 2.10. The second-order valence-electron chi connectivity index (χ2n) is 0.975. The molecule has 0 aromatic heterocycles. The summed E-state index contributed by atoms with van der Waals surface area (Å²) in [6.07, 6.45) is 2.32. The zero-order chi connectivity index (χ0) is 6.24. The highest BCUT2D eigenvalue weighted by molar-refractivity contribution is 7.95. The summed E-state index contributed by atoms with van der Waals surface area (Å²) >= 11 is 1.14. The largest absolute Gasteiger partial charge is 0.290 e. The Morgan fingerprint density at radius 3 is 3.00 bits per heavy atom. The number of amides is 1. The van der Waals surface area contributed by atoms with Crippen molar-refractivity contribution < 1.29 is 4.79 Å². The van der Waals surface area contributed by atoms with Crippen LogP contribution in [0.1, 0.15) is 0 Å². The first-order chi connectivity index (χ1) is 3.91. The number of carbonyl (C=O) groups is 1. The molecule has 0 bridgehead atoms. The van der Waals surface area contributed by atoms with E-state index in [1.807, 2.05) is 0 Å². The predicted octanol–water partition coefficient (Wildman–Crippen LogP) is 0.0712. The second-order valence-corrected chi connectivity index (χ2v) is 1.70. The molecular weight excluding hydrogens is 124 g/mol. The van der Waals surface area contributed by atoms with Gasteiger partial charge in [-0.2, -0.15) is 0 Å². The minimum Gasteiger partial charge on any atom is -0.290 e. The molecule has 0 atom stereocenters. The molecule has 3 nitrogen and oxygen atoms in total. The first kappa shape index (κ1) is 7.52. The molecule has 46 valence electrons. The number of hydrogen-bond acceptors (Lipinski definition) is 3. The molecule has 4 heteroatoms. The molecule has 0 radical (unpaired) electrons. The SMILES string of the molecule is C=CCNSNC=O. The lowest BCUT2D eigenvalue weighted by atomic mass is 10.7. The molecule has 0 rings (SSSR count). The second kappa shape index (κ2) is 6.52. The summed E-state index contributed by atoms with van der Waals surface area (Å²) in [6.45, 7) is 4.15. The maximum Gasteiger partial charge on any atom is 0.217 e. The van der Waals surface area contributed by atoms with Gasteiger partial charge < -0.3 is 0 Å². The number of nitrogens with one attached hydrogen (secondary N) is 2. The predicted molar refractivity (Wildman–Crippen MR) is 35.0 cm³/mol. The highest BCUT2D eigenvalue weighted by Gasteiger charge is 1.76. The van der Waals surface area contributed by atoms with Crippen LogP contribution in [0.4, 0.5) is 0 Å². The van der Waals surface area contributed by atoms with Crippen molar-refractivity contribution in [3.05, 3.63) is 12.7 Å². The van der Waals surface area contributed by atoms with Crippen LogP contribution >= 0.6 is 12.1 Å². The van der Waals surface area contributed by atoms with Crippen LogP contribution in [0.5, 0.6) is 0 Å². The Labute approximate surface area is 52.8 Å². The van der Waals surface area contributed by atoms with Gasteiger partial charge in [0.2, 0.25) is 6.41 Å². The quantitative estimate of drug-likeness (QED) is 0.241. The third-order valence-corrected chi connectivity index (χ3v) is 0.932. The summed E-state index contributed by atoms with van der Waals surface area (Å²) < 4.78 is 5.15. The fourth-order valence-electron chi connectivity index (χ4n) is 0.166. The Bertz CT molecular complexity index is 66.4. The van der Waals surface area contributed by atoms with Crippen molar-refractivity contribution in [2.75, 3.05) is 6.54 Å². The van der Waals surface area contributed by atoms with Crippen LogP contribution in [0.3, 0.4) is 0 Å². The van der Waals surface area contributed by atoms with Crippen LogP contribution in [-0.4, -0.2) is 13.0 Å². The van der Waals surface area contributed by atoms with E-state index in [1.165, 1.54) is 0 Å². The summed E-state index contributed by atoms with van der Waals surface area (Å²) in [4.78, 5) is 9.57. The highest BCUT2D eigenvalue weighted by Crippen LogP contribution is 1.78. The van der Waals surface area contributed by atoms with E-state index in [9.17, 15) is 4.79 Å². The van der Waals surface area contributed by atoms with Gasteiger partial charge >= 0.3 is 0 Å². The molecule has 2 N–H and O–H groups in total. The summed E-state index contributed by atoms with van der Waals surface area (Å²) in [5.74, 6) is 0. The maximum absolute atomic E-state index is 9.57. The van der Waals surface area contributed by atoms with E-state index >= 15 is 0 Å². The topological polar surface area (TPSA) is 41.1 Å². The average Bonchev–Trinajstić information content (AvgIpc) is 1.81. The Morgan fingerprint density at radius 2 is 2.50 bits per heavy atom. The van der Waals surface area contributed by atoms with Crippen LogP contribution in [-0.2, 0) is 4.79 Å². The minimum absolute atomic E-state index is 0.612. The van der Waals surface area contributed by atoms with Crippen molar-refractivity contribution in [3.63, 3.8) is 0 Å². The van der Waals surface area contributed by atoms with Crippen LogP contribution in [0, 0.1) is 0 Å². The van der Waals surface area contributed by atoms with Gasteiger partial charge in [-0.15, -0.1) is 6.58 Å². The minimum atomic E-state index is 0.612. The van der Waals surface area contributed by atoms with Crippen molar-refractivity contribution in [2.24, 2.45) is 0 Å². The summed E-state index contributed by atoms with van der Waals surface area (Å²) in [5.41, 5.74) is 0. The van der Waals surface area contributed by atoms with Gasteiger partial charge in [0.05, 0.1) is 0 Å². The molecule has 0 saturated carbocycles. The molecular formula is C4H8N2OS. The Kier molecular flexibility index (Phi) is 6.13. The van der Waals surface area contributed by atoms with Gasteiger partial charge in [-0.1, -0.05) is 6.08 Å². The molecule has 0 heterocycles. The van der Waals surface area contributed by atoms with Gasteiger partial charge in [0.25, 0.3) is 0 Å². The lowest BCUT2D eigenvalue weighted by Crippen LogP contribution is -2.11. The molecule has 0 aliphatic rings. The van der Waals surface area contributed by atoms with Crippen molar-refractivity contribution in [3.8, 4) is 0 Å². The van der Waals surface area contributed by atoms with Gasteiger partial charge in [0.15, 0.2) is 0 Å². The van der Waals surface area contributed by atoms with Crippen molar-refractivity contribution in [1.82, 2.24) is 9.44 Å². The standard InChI is InChI=1S/C4H8N2OS/c1-2-3-5-8-6-4-7/h2,4-5H,1,3H2,(H,6,7). The smallest absolute Gasteiger partial charge is 0.217 e. The van der Waals surface area contributed by atoms with Crippen molar-refractivity contribution >= 4 is 18.5 Å². The van der Waals surface area contributed by atoms with E-state index in [1.54, 1.807) is 6.08 Å². The summed E-state index contributed by atoms with van der Waals surface area (Å²) in [7, 11) is 0. The zero-order valence-corrected chi connectivity index (χ0v) is 5.20. The van der Waals surface area contributed by atoms with E-state index in [0.717, 1.165) is 12.1 Å². The summed E-state index contributed by atoms with van der Waals surface area (Å²) in [5, 5.41) is 0. The third kappa shape index (κ3) is 5.52. The molecule has 0 saturated heterocycles. The van der Waals surface area contributed by atoms with Crippen molar-refractivity contribution in [1.29, 1.82) is 0 Å². The van der Waals surface area contributed by atoms with E-state index in [4.69, 9.17) is 0 Å². The van der Waals surface area contributed by atoms with Gasteiger partial charge in [-0.25, -0.2) is 4.72 Å². The molecule has 0 aromatic carbocycles. The van der Waals surface area contributed by atoms with E-state index < -0.39 is 0 Å².